The molecule has 0 heterocycles. The third-order valence-electron chi connectivity index (χ3n) is 3.49. The highest BCUT2D eigenvalue weighted by molar-refractivity contribution is 5.80. The molecule has 1 aliphatic carbocycles. The predicted molar refractivity (Wildman–Crippen MR) is 74.0 cm³/mol. The third-order valence-corrected chi connectivity index (χ3v) is 3.49. The molecule has 0 spiro atoms. The molecule has 1 rings (SSSR count). The molecule has 0 amide bonds. The molecule has 1 unspecified atom stereocenters. The molecule has 0 aromatic rings. The van der Waals surface area contributed by atoms with Crippen molar-refractivity contribution in [2.24, 2.45) is 0 Å². The number of esters is 1. The molecule has 4 nitrogen and oxygen atoms in total. The molecule has 7 heteroatoms. The number of ether oxygens (including phenoxy) is 1. The van der Waals surface area contributed by atoms with E-state index in [9.17, 15) is 18.0 Å². The van der Waals surface area contributed by atoms with Crippen molar-refractivity contribution in [1.29, 1.82) is 0 Å². The number of alkyl halides is 3. The molecule has 124 valence electrons. The van der Waals surface area contributed by atoms with Crippen LogP contribution in [0.5, 0.6) is 0 Å². The molecule has 1 N–H and O–H groups in total. The van der Waals surface area contributed by atoms with Gasteiger partial charge in [0.15, 0.2) is 0 Å². The summed E-state index contributed by atoms with van der Waals surface area (Å²) < 4.78 is 41.8. The quantitative estimate of drug-likeness (QED) is 0.664. The van der Waals surface area contributed by atoms with Crippen LogP contribution in [0.15, 0.2) is 0 Å². The van der Waals surface area contributed by atoms with Crippen LogP contribution in [0.3, 0.4) is 0 Å². The highest BCUT2D eigenvalue weighted by Crippen LogP contribution is 2.26. The maximum Gasteiger partial charge on any atom is 0.401 e. The minimum absolute atomic E-state index is 0.293. The zero-order valence-corrected chi connectivity index (χ0v) is 12.9. The van der Waals surface area contributed by atoms with Crippen LogP contribution in [0, 0.1) is 0 Å². The number of nitrogens with one attached hydrogen (secondary N) is 1. The number of rotatable bonds is 9. The monoisotopic (exact) mass is 310 g/mol. The number of carbonyl (C=O) groups excluding carboxylic acids is 1. The first-order valence-electron chi connectivity index (χ1n) is 7.36. The zero-order valence-electron chi connectivity index (χ0n) is 12.9. The Morgan fingerprint density at radius 2 is 2.00 bits per heavy atom. The number of hydrogen-bond acceptors (Lipinski definition) is 4. The molecule has 21 heavy (non-hydrogen) atoms. The lowest BCUT2D eigenvalue weighted by Crippen LogP contribution is -2.51. The maximum absolute atomic E-state index is 12.2. The summed E-state index contributed by atoms with van der Waals surface area (Å²) in [6, 6.07) is 0.326. The topological polar surface area (TPSA) is 41.6 Å². The number of carbonyl (C=O) groups is 1. The van der Waals surface area contributed by atoms with Gasteiger partial charge in [-0.2, -0.15) is 13.2 Å². The van der Waals surface area contributed by atoms with Crippen LogP contribution in [0.25, 0.3) is 0 Å². The second-order valence-corrected chi connectivity index (χ2v) is 5.93. The normalized spacial score (nSPS) is 18.6. The second-order valence-electron chi connectivity index (χ2n) is 5.93. The first kappa shape index (κ1) is 18.2. The average molecular weight is 310 g/mol. The lowest BCUT2D eigenvalue weighted by molar-refractivity contribution is -0.151. The highest BCUT2D eigenvalue weighted by Gasteiger charge is 2.39. The van der Waals surface area contributed by atoms with Crippen molar-refractivity contribution in [2.75, 3.05) is 26.7 Å². The number of hydrogen-bond donors (Lipinski definition) is 1. The fourth-order valence-electron chi connectivity index (χ4n) is 2.29. The lowest BCUT2D eigenvalue weighted by Gasteiger charge is -2.29. The Labute approximate surface area is 124 Å². The smallest absolute Gasteiger partial charge is 0.401 e. The van der Waals surface area contributed by atoms with Crippen molar-refractivity contribution in [1.82, 2.24) is 10.2 Å². The van der Waals surface area contributed by atoms with Gasteiger partial charge in [0.1, 0.15) is 5.54 Å². The minimum atomic E-state index is -4.19. The van der Waals surface area contributed by atoms with Gasteiger partial charge >= 0.3 is 12.1 Å². The summed E-state index contributed by atoms with van der Waals surface area (Å²) in [6.45, 7) is 3.17. The van der Waals surface area contributed by atoms with Crippen molar-refractivity contribution in [3.63, 3.8) is 0 Å². The van der Waals surface area contributed by atoms with Crippen LogP contribution < -0.4 is 5.32 Å². The van der Waals surface area contributed by atoms with E-state index in [0.717, 1.165) is 12.8 Å². The Bertz CT molecular complexity index is 346. The molecule has 0 aliphatic heterocycles. The van der Waals surface area contributed by atoms with E-state index in [1.54, 1.807) is 13.8 Å². The van der Waals surface area contributed by atoms with E-state index in [4.69, 9.17) is 4.74 Å². The summed E-state index contributed by atoms with van der Waals surface area (Å²) in [5, 5.41) is 3.26. The van der Waals surface area contributed by atoms with E-state index < -0.39 is 18.3 Å². The standard InChI is InChI=1S/C14H25F3N2O2/c1-4-21-12(20)13(2,18-11-6-7-11)8-5-9-19(3)10-14(15,16)17/h11,18H,4-10H2,1-3H3. The fourth-order valence-corrected chi connectivity index (χ4v) is 2.29. The van der Waals surface area contributed by atoms with E-state index in [0.29, 0.717) is 32.0 Å². The van der Waals surface area contributed by atoms with Crippen molar-refractivity contribution in [2.45, 2.75) is 57.3 Å². The average Bonchev–Trinajstić information content (AvgIpc) is 3.10. The molecule has 0 aromatic heterocycles. The highest BCUT2D eigenvalue weighted by atomic mass is 19.4. The van der Waals surface area contributed by atoms with Crippen molar-refractivity contribution >= 4 is 5.97 Å². The summed E-state index contributed by atoms with van der Waals surface area (Å²) >= 11 is 0. The van der Waals surface area contributed by atoms with Gasteiger partial charge in [-0.1, -0.05) is 0 Å². The molecule has 1 aliphatic rings. The van der Waals surface area contributed by atoms with Crippen LogP contribution in [0.2, 0.25) is 0 Å². The van der Waals surface area contributed by atoms with Crippen LogP contribution >= 0.6 is 0 Å². The molecular weight excluding hydrogens is 285 g/mol. The molecule has 1 fully saturated rings. The van der Waals surface area contributed by atoms with Gasteiger partial charge < -0.3 is 4.74 Å². The van der Waals surface area contributed by atoms with E-state index >= 15 is 0 Å². The van der Waals surface area contributed by atoms with Crippen LogP contribution in [0.4, 0.5) is 13.2 Å². The van der Waals surface area contributed by atoms with E-state index in [2.05, 4.69) is 5.32 Å². The van der Waals surface area contributed by atoms with Crippen molar-refractivity contribution in [3.8, 4) is 0 Å². The molecular formula is C14H25F3N2O2. The summed E-state index contributed by atoms with van der Waals surface area (Å²) in [5.41, 5.74) is -0.809. The van der Waals surface area contributed by atoms with Gasteiger partial charge in [0, 0.05) is 6.04 Å². The van der Waals surface area contributed by atoms with E-state index in [-0.39, 0.29) is 5.97 Å². The van der Waals surface area contributed by atoms with Gasteiger partial charge in [-0.25, -0.2) is 0 Å². The largest absolute Gasteiger partial charge is 0.465 e. The van der Waals surface area contributed by atoms with Gasteiger partial charge in [-0.3, -0.25) is 15.0 Å². The second kappa shape index (κ2) is 7.45. The summed E-state index contributed by atoms with van der Waals surface area (Å²) in [5.74, 6) is -0.324. The SMILES string of the molecule is CCOC(=O)C(C)(CCCN(C)CC(F)(F)F)NC1CC1. The number of nitrogens with zero attached hydrogens (tertiary/aromatic N) is 1. The molecule has 1 atom stereocenters. The first-order valence-corrected chi connectivity index (χ1v) is 7.36. The van der Waals surface area contributed by atoms with Crippen LogP contribution in [0.1, 0.15) is 39.5 Å². The molecule has 0 bridgehead atoms. The lowest BCUT2D eigenvalue weighted by atomic mass is 9.95. The van der Waals surface area contributed by atoms with Gasteiger partial charge in [0.05, 0.1) is 13.2 Å². The summed E-state index contributed by atoms with van der Waals surface area (Å²) in [7, 11) is 1.43. The number of halogens is 3. The Balaban J connectivity index is 2.43. The molecule has 0 saturated heterocycles. The molecule has 0 aromatic carbocycles. The first-order chi connectivity index (χ1) is 9.66. The summed E-state index contributed by atoms with van der Waals surface area (Å²) in [6.07, 6.45) is -1.16. The van der Waals surface area contributed by atoms with Gasteiger partial charge in [-0.15, -0.1) is 0 Å². The molecule has 1 saturated carbocycles. The predicted octanol–water partition coefficient (Wildman–Crippen LogP) is 2.33. The van der Waals surface area contributed by atoms with Gasteiger partial charge in [0.25, 0.3) is 0 Å². The van der Waals surface area contributed by atoms with Gasteiger partial charge in [-0.05, 0) is 53.1 Å². The third kappa shape index (κ3) is 7.13. The minimum Gasteiger partial charge on any atom is -0.465 e. The molecule has 0 radical (unpaired) electrons. The Hall–Kier alpha value is -0.820. The van der Waals surface area contributed by atoms with Crippen LogP contribution in [-0.2, 0) is 9.53 Å². The van der Waals surface area contributed by atoms with E-state index in [1.807, 2.05) is 0 Å². The van der Waals surface area contributed by atoms with Gasteiger partial charge in [0.2, 0.25) is 0 Å². The van der Waals surface area contributed by atoms with Crippen molar-refractivity contribution < 1.29 is 22.7 Å². The van der Waals surface area contributed by atoms with E-state index in [1.165, 1.54) is 11.9 Å². The Kier molecular flexibility index (Phi) is 6.46. The van der Waals surface area contributed by atoms with Crippen LogP contribution in [-0.4, -0.2) is 55.4 Å². The Morgan fingerprint density at radius 3 is 2.48 bits per heavy atom. The zero-order chi connectivity index (χ0) is 16.1. The van der Waals surface area contributed by atoms with Crippen molar-refractivity contribution in [3.05, 3.63) is 0 Å². The Morgan fingerprint density at radius 1 is 1.38 bits per heavy atom. The maximum atomic E-state index is 12.2. The fraction of sp³-hybridized carbons (Fsp3) is 0.929. The summed E-state index contributed by atoms with van der Waals surface area (Å²) in [4.78, 5) is 13.3.